The summed E-state index contributed by atoms with van der Waals surface area (Å²) in [5, 5.41) is 5.43. The molecule has 0 atom stereocenters. The molecular formula is C22H21N3O4S. The van der Waals surface area contributed by atoms with Gasteiger partial charge < -0.3 is 10.6 Å². The number of anilines is 1. The van der Waals surface area contributed by atoms with Gasteiger partial charge in [0.25, 0.3) is 21.8 Å². The average molecular weight is 423 g/mol. The number of carbonyl (C=O) groups excluding carboxylic acids is 2. The third-order valence-electron chi connectivity index (χ3n) is 5.02. The average Bonchev–Trinajstić information content (AvgIpc) is 3.21. The van der Waals surface area contributed by atoms with Crippen LogP contribution >= 0.6 is 0 Å². The van der Waals surface area contributed by atoms with Crippen molar-refractivity contribution in [1.29, 1.82) is 0 Å². The highest BCUT2D eigenvalue weighted by Gasteiger charge is 2.30. The van der Waals surface area contributed by atoms with Crippen LogP contribution in [0.15, 0.2) is 65.7 Å². The van der Waals surface area contributed by atoms with E-state index in [1.165, 1.54) is 47.7 Å². The van der Waals surface area contributed by atoms with Gasteiger partial charge in [0.05, 0.1) is 5.69 Å². The second-order valence-corrected chi connectivity index (χ2v) is 8.99. The van der Waals surface area contributed by atoms with Crippen molar-refractivity contribution in [3.8, 4) is 0 Å². The molecule has 0 fully saturated rings. The summed E-state index contributed by atoms with van der Waals surface area (Å²) in [6.07, 6.45) is 2.95. The van der Waals surface area contributed by atoms with E-state index in [1.54, 1.807) is 0 Å². The summed E-state index contributed by atoms with van der Waals surface area (Å²) >= 11 is 0. The number of hydrogen-bond donors (Lipinski definition) is 2. The first kappa shape index (κ1) is 19.9. The van der Waals surface area contributed by atoms with Crippen LogP contribution in [0.4, 0.5) is 5.69 Å². The second kappa shape index (κ2) is 7.79. The lowest BCUT2D eigenvalue weighted by atomic mass is 10.1. The summed E-state index contributed by atoms with van der Waals surface area (Å²) in [5.74, 6) is -0.866. The molecular weight excluding hydrogens is 402 g/mol. The fourth-order valence-electron chi connectivity index (χ4n) is 3.39. The number of amides is 2. The molecule has 154 valence electrons. The maximum atomic E-state index is 12.8. The molecule has 1 aliphatic rings. The van der Waals surface area contributed by atoms with Crippen LogP contribution < -0.4 is 10.6 Å². The molecule has 8 heteroatoms. The van der Waals surface area contributed by atoms with Crippen molar-refractivity contribution in [3.05, 3.63) is 83.2 Å². The normalized spacial score (nSPS) is 14.2. The van der Waals surface area contributed by atoms with E-state index in [9.17, 15) is 18.0 Å². The zero-order chi connectivity index (χ0) is 21.3. The first-order valence-corrected chi connectivity index (χ1v) is 11.0. The fraction of sp³-hybridized carbons (Fsp3) is 0.182. The summed E-state index contributed by atoms with van der Waals surface area (Å²) < 4.78 is 26.6. The van der Waals surface area contributed by atoms with Crippen molar-refractivity contribution >= 4 is 27.5 Å². The lowest BCUT2D eigenvalue weighted by molar-refractivity contribution is 0.0951. The Morgan fingerprint density at radius 1 is 1.10 bits per heavy atom. The second-order valence-electron chi connectivity index (χ2n) is 7.20. The largest absolute Gasteiger partial charge is 0.352 e. The third-order valence-corrected chi connectivity index (χ3v) is 6.77. The molecule has 1 aliphatic heterocycles. The number of nitrogens with one attached hydrogen (secondary N) is 2. The number of carbonyl (C=O) groups is 2. The van der Waals surface area contributed by atoms with E-state index < -0.39 is 15.9 Å². The van der Waals surface area contributed by atoms with Crippen molar-refractivity contribution in [1.82, 2.24) is 9.29 Å². The van der Waals surface area contributed by atoms with Crippen LogP contribution in [0.1, 0.15) is 38.4 Å². The molecule has 2 aromatic carbocycles. The minimum atomic E-state index is -3.92. The zero-order valence-electron chi connectivity index (χ0n) is 16.4. The first-order valence-electron chi connectivity index (χ1n) is 9.58. The summed E-state index contributed by atoms with van der Waals surface area (Å²) in [6, 6.07) is 15.4. The molecule has 2 heterocycles. The van der Waals surface area contributed by atoms with Gasteiger partial charge in [0.15, 0.2) is 0 Å². The molecule has 0 saturated heterocycles. The molecule has 2 N–H and O–H groups in total. The van der Waals surface area contributed by atoms with E-state index in [-0.39, 0.29) is 27.7 Å². The highest BCUT2D eigenvalue weighted by Crippen LogP contribution is 2.29. The molecule has 4 rings (SSSR count). The highest BCUT2D eigenvalue weighted by atomic mass is 32.2. The van der Waals surface area contributed by atoms with Crippen molar-refractivity contribution in [2.75, 3.05) is 11.9 Å². The van der Waals surface area contributed by atoms with E-state index in [0.29, 0.717) is 6.54 Å². The Bertz CT molecular complexity index is 1230. The van der Waals surface area contributed by atoms with Gasteiger partial charge in [-0.15, -0.1) is 0 Å². The van der Waals surface area contributed by atoms with Crippen LogP contribution in [-0.2, 0) is 16.4 Å². The van der Waals surface area contributed by atoms with Gasteiger partial charge in [-0.3, -0.25) is 9.59 Å². The topological polar surface area (TPSA) is 97.3 Å². The van der Waals surface area contributed by atoms with Crippen molar-refractivity contribution < 1.29 is 18.0 Å². The SMILES string of the molecule is Cc1ccc(CCCNC(=O)c2ccc3c(c2)NC(=O)c2cccn2S3(=O)=O)cc1. The first-order chi connectivity index (χ1) is 14.4. The highest BCUT2D eigenvalue weighted by molar-refractivity contribution is 7.90. The number of aromatic nitrogens is 1. The molecule has 2 amide bonds. The Balaban J connectivity index is 1.46. The Morgan fingerprint density at radius 3 is 2.63 bits per heavy atom. The standard InChI is InChI=1S/C22H21N3O4S/c1-15-6-8-16(9-7-15)4-2-12-23-21(26)17-10-11-20-18(14-17)24-22(27)19-5-3-13-25(19)30(20,28)29/h3,5-11,13-14H,2,4,12H2,1H3,(H,23,26)(H,24,27). The quantitative estimate of drug-likeness (QED) is 0.617. The number of hydrogen-bond acceptors (Lipinski definition) is 4. The van der Waals surface area contributed by atoms with Crippen molar-refractivity contribution in [2.24, 2.45) is 0 Å². The lowest BCUT2D eigenvalue weighted by Crippen LogP contribution is -2.25. The maximum Gasteiger partial charge on any atom is 0.273 e. The number of nitrogens with zero attached hydrogens (tertiary/aromatic N) is 1. The van der Waals surface area contributed by atoms with Crippen LogP contribution in [-0.4, -0.2) is 30.7 Å². The summed E-state index contributed by atoms with van der Waals surface area (Å²) in [4.78, 5) is 24.8. The van der Waals surface area contributed by atoms with Gasteiger partial charge in [-0.2, -0.15) is 0 Å². The Labute approximate surface area is 174 Å². The van der Waals surface area contributed by atoms with Gasteiger partial charge in [0.2, 0.25) is 0 Å². The van der Waals surface area contributed by atoms with E-state index in [0.717, 1.165) is 16.8 Å². The fourth-order valence-corrected chi connectivity index (χ4v) is 4.86. The van der Waals surface area contributed by atoms with Crippen LogP contribution in [0.2, 0.25) is 0 Å². The van der Waals surface area contributed by atoms with E-state index in [2.05, 4.69) is 34.9 Å². The van der Waals surface area contributed by atoms with E-state index in [4.69, 9.17) is 0 Å². The molecule has 0 bridgehead atoms. The Morgan fingerprint density at radius 2 is 1.87 bits per heavy atom. The molecule has 0 spiro atoms. The monoisotopic (exact) mass is 423 g/mol. The zero-order valence-corrected chi connectivity index (χ0v) is 17.2. The Hall–Kier alpha value is -3.39. The minimum absolute atomic E-state index is 0.0216. The van der Waals surface area contributed by atoms with E-state index in [1.807, 2.05) is 6.92 Å². The molecule has 3 aromatic rings. The summed E-state index contributed by atoms with van der Waals surface area (Å²) in [7, 11) is -3.92. The van der Waals surface area contributed by atoms with Crippen LogP contribution in [0, 0.1) is 6.92 Å². The molecule has 0 saturated carbocycles. The molecule has 0 unspecified atom stereocenters. The van der Waals surface area contributed by atoms with Crippen molar-refractivity contribution in [3.63, 3.8) is 0 Å². The van der Waals surface area contributed by atoms with Crippen molar-refractivity contribution in [2.45, 2.75) is 24.7 Å². The molecule has 0 radical (unpaired) electrons. The predicted molar refractivity (Wildman–Crippen MR) is 113 cm³/mol. The van der Waals surface area contributed by atoms with Crippen LogP contribution in [0.25, 0.3) is 0 Å². The lowest BCUT2D eigenvalue weighted by Gasteiger charge is -2.10. The minimum Gasteiger partial charge on any atom is -0.352 e. The van der Waals surface area contributed by atoms with E-state index >= 15 is 0 Å². The summed E-state index contributed by atoms with van der Waals surface area (Å²) in [5.41, 5.74) is 2.81. The number of rotatable bonds is 5. The number of fused-ring (bicyclic) bond motifs is 2. The van der Waals surface area contributed by atoms with Gasteiger partial charge in [0.1, 0.15) is 10.6 Å². The third kappa shape index (κ3) is 3.73. The predicted octanol–water partition coefficient (Wildman–Crippen LogP) is 2.96. The number of benzene rings is 2. The number of aryl methyl sites for hydroxylation is 2. The summed E-state index contributed by atoms with van der Waals surface area (Å²) in [6.45, 7) is 2.52. The van der Waals surface area contributed by atoms with Gasteiger partial charge >= 0.3 is 0 Å². The molecule has 7 nitrogen and oxygen atoms in total. The van der Waals surface area contributed by atoms with Gasteiger partial charge in [-0.25, -0.2) is 12.4 Å². The Kier molecular flexibility index (Phi) is 5.17. The van der Waals surface area contributed by atoms with Gasteiger partial charge in [-0.1, -0.05) is 29.8 Å². The van der Waals surface area contributed by atoms with Gasteiger partial charge in [0, 0.05) is 18.3 Å². The molecule has 1 aromatic heterocycles. The van der Waals surface area contributed by atoms with Crippen LogP contribution in [0.3, 0.4) is 0 Å². The maximum absolute atomic E-state index is 12.8. The smallest absolute Gasteiger partial charge is 0.273 e. The van der Waals surface area contributed by atoms with Gasteiger partial charge in [-0.05, 0) is 55.7 Å². The molecule has 30 heavy (non-hydrogen) atoms. The molecule has 0 aliphatic carbocycles. The van der Waals surface area contributed by atoms with Crippen LogP contribution in [0.5, 0.6) is 0 Å².